The maximum atomic E-state index is 10.9. The van der Waals surface area contributed by atoms with Gasteiger partial charge in [-0.3, -0.25) is 4.79 Å². The molecule has 0 radical (unpaired) electrons. The molecule has 0 saturated carbocycles. The highest BCUT2D eigenvalue weighted by atomic mass is 16.1. The van der Waals surface area contributed by atoms with Crippen LogP contribution in [0.1, 0.15) is 42.2 Å². The first-order valence-electron chi connectivity index (χ1n) is 7.03. The first-order chi connectivity index (χ1) is 10.2. The third-order valence-electron chi connectivity index (χ3n) is 3.22. The summed E-state index contributed by atoms with van der Waals surface area (Å²) >= 11 is 0. The van der Waals surface area contributed by atoms with Gasteiger partial charge in [-0.25, -0.2) is 4.98 Å². The molecule has 1 aromatic heterocycles. The van der Waals surface area contributed by atoms with E-state index in [2.05, 4.69) is 42.0 Å². The van der Waals surface area contributed by atoms with Gasteiger partial charge >= 0.3 is 0 Å². The van der Waals surface area contributed by atoms with E-state index in [1.807, 2.05) is 6.08 Å². The van der Waals surface area contributed by atoms with Gasteiger partial charge in [-0.2, -0.15) is 0 Å². The number of hydrogen-bond donors (Lipinski definition) is 1. The van der Waals surface area contributed by atoms with Gasteiger partial charge in [0.2, 0.25) is 0 Å². The van der Waals surface area contributed by atoms with Crippen LogP contribution in [0.25, 0.3) is 0 Å². The Bertz CT molecular complexity index is 667. The molecule has 0 fully saturated rings. The molecule has 1 aliphatic rings. The maximum Gasteiger partial charge on any atom is 0.267 e. The maximum absolute atomic E-state index is 10.9. The molecule has 1 aliphatic carbocycles. The Hall–Kier alpha value is -2.60. The van der Waals surface area contributed by atoms with Gasteiger partial charge in [0, 0.05) is 17.3 Å². The van der Waals surface area contributed by atoms with Crippen molar-refractivity contribution in [3.05, 3.63) is 65.0 Å². The number of amides is 1. The van der Waals surface area contributed by atoms with Crippen LogP contribution < -0.4 is 5.73 Å². The van der Waals surface area contributed by atoms with Crippen LogP contribution in [0.15, 0.2) is 53.8 Å². The van der Waals surface area contributed by atoms with E-state index in [4.69, 9.17) is 5.73 Å². The molecule has 0 aliphatic heterocycles. The number of nitrogens with two attached hydrogens (primary N) is 1. The molecule has 3 nitrogen and oxygen atoms in total. The molecule has 0 spiro atoms. The average molecular weight is 278 g/mol. The third-order valence-corrected chi connectivity index (χ3v) is 3.22. The van der Waals surface area contributed by atoms with Crippen molar-refractivity contribution in [3.63, 3.8) is 0 Å². The summed E-state index contributed by atoms with van der Waals surface area (Å²) in [6, 6.07) is 3.35. The molecule has 106 valence electrons. The summed E-state index contributed by atoms with van der Waals surface area (Å²) in [5.74, 6) is 5.70. The zero-order valence-electron chi connectivity index (χ0n) is 12.1. The van der Waals surface area contributed by atoms with E-state index >= 15 is 0 Å². The van der Waals surface area contributed by atoms with Crippen LogP contribution in [0.3, 0.4) is 0 Å². The molecule has 2 N–H and O–H groups in total. The lowest BCUT2D eigenvalue weighted by molar-refractivity contribution is 0.0995. The minimum atomic E-state index is -0.527. The minimum Gasteiger partial charge on any atom is -0.364 e. The fourth-order valence-corrected chi connectivity index (χ4v) is 1.98. The minimum absolute atomic E-state index is 0.255. The van der Waals surface area contributed by atoms with Gasteiger partial charge in [-0.15, -0.1) is 0 Å². The van der Waals surface area contributed by atoms with Crippen molar-refractivity contribution in [1.82, 2.24) is 4.98 Å². The predicted molar refractivity (Wildman–Crippen MR) is 84.5 cm³/mol. The van der Waals surface area contributed by atoms with Gasteiger partial charge < -0.3 is 5.73 Å². The fourth-order valence-electron chi connectivity index (χ4n) is 1.98. The van der Waals surface area contributed by atoms with Gasteiger partial charge in [-0.05, 0) is 31.4 Å². The number of pyridine rings is 1. The van der Waals surface area contributed by atoms with Crippen molar-refractivity contribution in [1.29, 1.82) is 0 Å². The molecule has 2 rings (SSSR count). The third kappa shape index (κ3) is 4.47. The normalized spacial score (nSPS) is 14.1. The Morgan fingerprint density at radius 1 is 1.38 bits per heavy atom. The van der Waals surface area contributed by atoms with E-state index in [0.29, 0.717) is 0 Å². The predicted octanol–water partition coefficient (Wildman–Crippen LogP) is 3.14. The van der Waals surface area contributed by atoms with Crippen LogP contribution in [0.4, 0.5) is 0 Å². The summed E-state index contributed by atoms with van der Waals surface area (Å²) in [4.78, 5) is 14.9. The van der Waals surface area contributed by atoms with Crippen LogP contribution in [0.2, 0.25) is 0 Å². The highest BCUT2D eigenvalue weighted by Gasteiger charge is 2.00. The number of primary amides is 1. The summed E-state index contributed by atoms with van der Waals surface area (Å²) in [7, 11) is 0. The molecular formula is C18H18N2O. The summed E-state index contributed by atoms with van der Waals surface area (Å²) in [5, 5.41) is 0. The first kappa shape index (κ1) is 14.8. The van der Waals surface area contributed by atoms with Crippen molar-refractivity contribution < 1.29 is 4.79 Å². The lowest BCUT2D eigenvalue weighted by Gasteiger charge is -2.02. The Labute approximate surface area is 125 Å². The van der Waals surface area contributed by atoms with E-state index in [0.717, 1.165) is 30.4 Å². The van der Waals surface area contributed by atoms with Crippen molar-refractivity contribution in [3.8, 4) is 11.8 Å². The van der Waals surface area contributed by atoms with Crippen molar-refractivity contribution in [2.24, 2.45) is 5.73 Å². The topological polar surface area (TPSA) is 56.0 Å². The van der Waals surface area contributed by atoms with Crippen LogP contribution in [0, 0.1) is 11.8 Å². The van der Waals surface area contributed by atoms with Gasteiger partial charge in [0.1, 0.15) is 5.69 Å². The molecule has 1 amide bonds. The number of carbonyl (C=O) groups excluding carboxylic acids is 1. The summed E-state index contributed by atoms with van der Waals surface area (Å²) < 4.78 is 0. The van der Waals surface area contributed by atoms with Gasteiger partial charge in [-0.1, -0.05) is 48.6 Å². The number of carbonyl (C=O) groups is 1. The molecule has 0 aromatic carbocycles. The van der Waals surface area contributed by atoms with E-state index in [1.54, 1.807) is 18.3 Å². The largest absolute Gasteiger partial charge is 0.364 e. The van der Waals surface area contributed by atoms with Gasteiger partial charge in [0.25, 0.3) is 5.91 Å². The van der Waals surface area contributed by atoms with E-state index < -0.39 is 5.91 Å². The van der Waals surface area contributed by atoms with Crippen molar-refractivity contribution in [2.75, 3.05) is 0 Å². The molecule has 3 heteroatoms. The molecule has 0 atom stereocenters. The highest BCUT2D eigenvalue weighted by Crippen LogP contribution is 2.14. The van der Waals surface area contributed by atoms with Gasteiger partial charge in [0.05, 0.1) is 0 Å². The quantitative estimate of drug-likeness (QED) is 0.845. The monoisotopic (exact) mass is 278 g/mol. The second-order valence-electron chi connectivity index (χ2n) is 4.77. The molecule has 0 unspecified atom stereocenters. The second-order valence-corrected chi connectivity index (χ2v) is 4.77. The number of hydrogen-bond acceptors (Lipinski definition) is 2. The van der Waals surface area contributed by atoms with E-state index in [1.165, 1.54) is 5.57 Å². The van der Waals surface area contributed by atoms with Crippen molar-refractivity contribution >= 4 is 5.91 Å². The Morgan fingerprint density at radius 2 is 2.24 bits per heavy atom. The zero-order valence-corrected chi connectivity index (χ0v) is 12.1. The number of rotatable bonds is 2. The molecule has 0 saturated heterocycles. The summed E-state index contributed by atoms with van der Waals surface area (Å²) in [6.07, 6.45) is 13.1. The smallest absolute Gasteiger partial charge is 0.267 e. The number of nitrogens with zero attached hydrogens (tertiary/aromatic N) is 1. The lowest BCUT2D eigenvalue weighted by Crippen LogP contribution is -2.12. The second kappa shape index (κ2) is 7.25. The van der Waals surface area contributed by atoms with Crippen LogP contribution >= 0.6 is 0 Å². The van der Waals surface area contributed by atoms with E-state index in [-0.39, 0.29) is 5.69 Å². The van der Waals surface area contributed by atoms with Crippen LogP contribution in [-0.4, -0.2) is 10.9 Å². The molecule has 1 heterocycles. The van der Waals surface area contributed by atoms with Crippen molar-refractivity contribution in [2.45, 2.75) is 26.2 Å². The number of aromatic nitrogens is 1. The van der Waals surface area contributed by atoms with Crippen LogP contribution in [0.5, 0.6) is 0 Å². The van der Waals surface area contributed by atoms with Gasteiger partial charge in [0.15, 0.2) is 0 Å². The molecular weight excluding hydrogens is 260 g/mol. The Morgan fingerprint density at radius 3 is 2.90 bits per heavy atom. The van der Waals surface area contributed by atoms with E-state index in [9.17, 15) is 4.79 Å². The lowest BCUT2D eigenvalue weighted by atomic mass is 10.0. The molecule has 1 aromatic rings. The SMILES string of the molecule is CCC1=CCCC(C#Cc2ccc(C(N)=O)nc2)=CC=C1. The molecule has 21 heavy (non-hydrogen) atoms. The fraction of sp³-hybridized carbons (Fsp3) is 0.222. The standard InChI is InChI=1S/C18H18N2O/c1-2-14-5-3-7-15(8-4-6-14)9-10-16-11-12-17(18(19)21)20-13-16/h3,5-7,11-13H,2,4,8H2,1H3,(H2,19,21). The zero-order chi connectivity index (χ0) is 15.1. The Kier molecular flexibility index (Phi) is 5.11. The summed E-state index contributed by atoms with van der Waals surface area (Å²) in [5.41, 5.74) is 8.64. The summed E-state index contributed by atoms with van der Waals surface area (Å²) in [6.45, 7) is 2.16. The highest BCUT2D eigenvalue weighted by molar-refractivity contribution is 5.90. The number of allylic oxidation sites excluding steroid dienone is 6. The Balaban J connectivity index is 2.10. The average Bonchev–Trinajstić information content (AvgIpc) is 2.47. The first-order valence-corrected chi connectivity index (χ1v) is 7.03. The van der Waals surface area contributed by atoms with Crippen LogP contribution in [-0.2, 0) is 0 Å². The molecule has 0 bridgehead atoms.